The first-order valence-electron chi connectivity index (χ1n) is 7.68. The second kappa shape index (κ2) is 6.45. The van der Waals surface area contributed by atoms with Gasteiger partial charge in [0, 0.05) is 11.8 Å². The monoisotopic (exact) mass is 345 g/mol. The lowest BCUT2D eigenvalue weighted by Crippen LogP contribution is -2.38. The molecule has 6 heteroatoms. The van der Waals surface area contributed by atoms with Gasteiger partial charge in [0.25, 0.3) is 0 Å². The summed E-state index contributed by atoms with van der Waals surface area (Å²) in [5, 5.41) is 11.7. The predicted octanol–water partition coefficient (Wildman–Crippen LogP) is 3.02. The molecule has 0 bridgehead atoms. The average molecular weight is 345 g/mol. The number of aliphatic hydroxyl groups is 1. The van der Waals surface area contributed by atoms with Crippen molar-refractivity contribution < 1.29 is 19.4 Å². The number of carbonyl (C=O) groups is 1. The van der Waals surface area contributed by atoms with Crippen LogP contribution in [0.1, 0.15) is 24.7 Å². The number of thioether (sulfide) groups is 1. The molecule has 126 valence electrons. The highest BCUT2D eigenvalue weighted by Gasteiger charge is 2.44. The minimum atomic E-state index is -1.41. The Morgan fingerprint density at radius 2 is 2.08 bits per heavy atom. The first-order chi connectivity index (χ1) is 11.5. The van der Waals surface area contributed by atoms with Crippen molar-refractivity contribution in [1.29, 1.82) is 0 Å². The molecule has 0 amide bonds. The van der Waals surface area contributed by atoms with Crippen LogP contribution >= 0.6 is 11.8 Å². The van der Waals surface area contributed by atoms with Crippen molar-refractivity contribution in [3.63, 3.8) is 0 Å². The van der Waals surface area contributed by atoms with Crippen LogP contribution < -0.4 is 4.74 Å². The molecule has 3 rings (SSSR count). The van der Waals surface area contributed by atoms with E-state index in [1.807, 2.05) is 30.3 Å². The Kier molecular flexibility index (Phi) is 4.51. The van der Waals surface area contributed by atoms with E-state index in [2.05, 4.69) is 4.99 Å². The summed E-state index contributed by atoms with van der Waals surface area (Å²) in [5.41, 5.74) is 0.491. The summed E-state index contributed by atoms with van der Waals surface area (Å²) in [6.45, 7) is 3.59. The van der Waals surface area contributed by atoms with E-state index in [9.17, 15) is 9.90 Å². The first kappa shape index (κ1) is 16.8. The molecule has 1 aromatic rings. The molecule has 1 aromatic carbocycles. The molecule has 2 aliphatic heterocycles. The summed E-state index contributed by atoms with van der Waals surface area (Å²) in [4.78, 5) is 16.4. The maximum absolute atomic E-state index is 12.1. The maximum atomic E-state index is 12.1. The summed E-state index contributed by atoms with van der Waals surface area (Å²) in [7, 11) is 1.63. The van der Waals surface area contributed by atoms with Gasteiger partial charge < -0.3 is 14.6 Å². The lowest BCUT2D eigenvalue weighted by Gasteiger charge is -2.28. The van der Waals surface area contributed by atoms with Crippen LogP contribution in [0.3, 0.4) is 0 Å². The van der Waals surface area contributed by atoms with Gasteiger partial charge in [-0.15, -0.1) is 0 Å². The highest BCUT2D eigenvalue weighted by atomic mass is 32.2. The molecule has 2 unspecified atom stereocenters. The van der Waals surface area contributed by atoms with Crippen LogP contribution in [0.25, 0.3) is 0 Å². The molecule has 0 spiro atoms. The fourth-order valence-electron chi connectivity index (χ4n) is 2.72. The van der Waals surface area contributed by atoms with E-state index >= 15 is 0 Å². The van der Waals surface area contributed by atoms with Gasteiger partial charge in [0.05, 0.1) is 24.5 Å². The number of ether oxygens (including phenoxy) is 2. The molecule has 24 heavy (non-hydrogen) atoms. The first-order valence-corrected chi connectivity index (χ1v) is 8.56. The number of esters is 1. The summed E-state index contributed by atoms with van der Waals surface area (Å²) in [5.74, 6) is 0.256. The van der Waals surface area contributed by atoms with E-state index in [1.54, 1.807) is 32.7 Å². The van der Waals surface area contributed by atoms with Crippen LogP contribution in [-0.2, 0) is 9.53 Å². The van der Waals surface area contributed by atoms with Crippen LogP contribution in [0.4, 0.5) is 0 Å². The number of aliphatic imine (C=N–C) groups is 1. The molecule has 0 radical (unpaired) electrons. The predicted molar refractivity (Wildman–Crippen MR) is 94.2 cm³/mol. The van der Waals surface area contributed by atoms with E-state index in [4.69, 9.17) is 9.47 Å². The van der Waals surface area contributed by atoms with Crippen LogP contribution in [-0.4, -0.2) is 35.4 Å². The van der Waals surface area contributed by atoms with E-state index in [0.717, 1.165) is 16.4 Å². The standard InChI is InChI=1S/C18H19NO4S/c1-4-23-17(20)14-10-19-16-13(18(14,2)21)9-15(24-16)11-5-7-12(22-3)8-6-11/h5-10,15,21H,4H2,1-3H3. The van der Waals surface area contributed by atoms with Gasteiger partial charge in [-0.05, 0) is 31.5 Å². The number of benzene rings is 1. The third-order valence-electron chi connectivity index (χ3n) is 4.09. The number of fused-ring (bicyclic) bond motifs is 1. The third kappa shape index (κ3) is 2.87. The van der Waals surface area contributed by atoms with E-state index in [1.165, 1.54) is 6.20 Å². The molecular weight excluding hydrogens is 326 g/mol. The highest BCUT2D eigenvalue weighted by molar-refractivity contribution is 8.15. The zero-order valence-electron chi connectivity index (χ0n) is 13.8. The third-order valence-corrected chi connectivity index (χ3v) is 5.30. The van der Waals surface area contributed by atoms with E-state index in [0.29, 0.717) is 5.57 Å². The van der Waals surface area contributed by atoms with Gasteiger partial charge >= 0.3 is 5.97 Å². The number of nitrogens with zero attached hydrogens (tertiary/aromatic N) is 1. The molecule has 0 saturated heterocycles. The van der Waals surface area contributed by atoms with Crippen LogP contribution in [0.5, 0.6) is 5.75 Å². The quantitative estimate of drug-likeness (QED) is 0.850. The van der Waals surface area contributed by atoms with Gasteiger partial charge in [0.1, 0.15) is 16.4 Å². The normalized spacial score (nSPS) is 25.3. The smallest absolute Gasteiger partial charge is 0.338 e. The number of hydrogen-bond acceptors (Lipinski definition) is 6. The Hall–Kier alpha value is -2.05. The van der Waals surface area contributed by atoms with Crippen LogP contribution in [0, 0.1) is 0 Å². The summed E-state index contributed by atoms with van der Waals surface area (Å²) >= 11 is 1.55. The number of rotatable bonds is 4. The van der Waals surface area contributed by atoms with E-state index in [-0.39, 0.29) is 17.4 Å². The molecule has 2 aliphatic rings. The minimum Gasteiger partial charge on any atom is -0.497 e. The van der Waals surface area contributed by atoms with Crippen LogP contribution in [0.2, 0.25) is 0 Å². The van der Waals surface area contributed by atoms with Crippen molar-refractivity contribution in [3.8, 4) is 5.75 Å². The van der Waals surface area contributed by atoms with E-state index < -0.39 is 11.6 Å². The molecule has 0 aliphatic carbocycles. The molecule has 0 fully saturated rings. The Balaban J connectivity index is 1.90. The van der Waals surface area contributed by atoms with Crippen molar-refractivity contribution in [1.82, 2.24) is 0 Å². The summed E-state index contributed by atoms with van der Waals surface area (Å²) in [6.07, 6.45) is 3.37. The fraction of sp³-hybridized carbons (Fsp3) is 0.333. The Morgan fingerprint density at radius 3 is 2.71 bits per heavy atom. The Labute approximate surface area is 145 Å². The van der Waals surface area contributed by atoms with Gasteiger partial charge in [-0.1, -0.05) is 30.0 Å². The number of methoxy groups -OCH3 is 1. The fourth-order valence-corrected chi connectivity index (χ4v) is 3.97. The molecule has 0 aromatic heterocycles. The molecule has 5 nitrogen and oxygen atoms in total. The van der Waals surface area contributed by atoms with Crippen molar-refractivity contribution >= 4 is 22.8 Å². The van der Waals surface area contributed by atoms with Gasteiger partial charge in [-0.2, -0.15) is 0 Å². The largest absolute Gasteiger partial charge is 0.497 e. The second-order valence-electron chi connectivity index (χ2n) is 5.66. The Bertz CT molecular complexity index is 747. The second-order valence-corrected chi connectivity index (χ2v) is 6.79. The van der Waals surface area contributed by atoms with Gasteiger partial charge in [0.15, 0.2) is 0 Å². The topological polar surface area (TPSA) is 68.1 Å². The molecule has 2 atom stereocenters. The van der Waals surface area contributed by atoms with Gasteiger partial charge in [-0.3, -0.25) is 0 Å². The molecule has 1 N–H and O–H groups in total. The highest BCUT2D eigenvalue weighted by Crippen LogP contribution is 2.47. The zero-order chi connectivity index (χ0) is 17.3. The SMILES string of the molecule is CCOC(=O)C1=CN=C2SC(c3ccc(OC)cc3)C=C2C1(C)O. The van der Waals surface area contributed by atoms with Crippen molar-refractivity contribution in [2.24, 2.45) is 4.99 Å². The number of carbonyl (C=O) groups excluding carboxylic acids is 1. The molecule has 0 saturated carbocycles. The van der Waals surface area contributed by atoms with Crippen molar-refractivity contribution in [2.75, 3.05) is 13.7 Å². The van der Waals surface area contributed by atoms with Crippen molar-refractivity contribution in [3.05, 3.63) is 53.3 Å². The number of hydrogen-bond donors (Lipinski definition) is 1. The summed E-state index contributed by atoms with van der Waals surface area (Å²) < 4.78 is 10.2. The molecular formula is C18H19NO4S. The van der Waals surface area contributed by atoms with Crippen LogP contribution in [0.15, 0.2) is 52.7 Å². The van der Waals surface area contributed by atoms with Crippen molar-refractivity contribution in [2.45, 2.75) is 24.7 Å². The van der Waals surface area contributed by atoms with Gasteiger partial charge in [-0.25, -0.2) is 9.79 Å². The van der Waals surface area contributed by atoms with Gasteiger partial charge in [0.2, 0.25) is 0 Å². The minimum absolute atomic E-state index is 0.0334. The molecule has 2 heterocycles. The lowest BCUT2D eigenvalue weighted by molar-refractivity contribution is -0.140. The Morgan fingerprint density at radius 1 is 1.38 bits per heavy atom. The average Bonchev–Trinajstić information content (AvgIpc) is 3.01. The summed E-state index contributed by atoms with van der Waals surface area (Å²) in [6, 6.07) is 7.77. The zero-order valence-corrected chi connectivity index (χ0v) is 14.6. The maximum Gasteiger partial charge on any atom is 0.338 e. The lowest BCUT2D eigenvalue weighted by atomic mass is 9.86.